The summed E-state index contributed by atoms with van der Waals surface area (Å²) in [7, 11) is 0. The zero-order valence-electron chi connectivity index (χ0n) is 14.7. The van der Waals surface area contributed by atoms with Crippen molar-refractivity contribution in [1.29, 1.82) is 0 Å². The fraction of sp³-hybridized carbons (Fsp3) is 0.182. The van der Waals surface area contributed by atoms with Crippen LogP contribution >= 0.6 is 0 Å². The number of carbonyl (C=O) groups excluding carboxylic acids is 1. The lowest BCUT2D eigenvalue weighted by Crippen LogP contribution is -2.25. The molecule has 0 fully saturated rings. The predicted molar refractivity (Wildman–Crippen MR) is 105 cm³/mol. The molecule has 0 aliphatic rings. The summed E-state index contributed by atoms with van der Waals surface area (Å²) in [5, 5.41) is 6.27. The Balaban J connectivity index is 1.46. The molecule has 1 heterocycles. The molecule has 0 bridgehead atoms. The highest BCUT2D eigenvalue weighted by molar-refractivity contribution is 5.93. The number of aromatic nitrogens is 1. The van der Waals surface area contributed by atoms with Crippen LogP contribution in [0.25, 0.3) is 0 Å². The largest absolute Gasteiger partial charge is 0.381 e. The number of carbonyl (C=O) groups is 1. The number of anilines is 1. The first kappa shape index (κ1) is 17.7. The minimum Gasteiger partial charge on any atom is -0.381 e. The molecule has 0 radical (unpaired) electrons. The van der Waals surface area contributed by atoms with E-state index in [1.807, 2.05) is 42.5 Å². The van der Waals surface area contributed by atoms with E-state index >= 15 is 0 Å². The molecular formula is C22H23N3O. The summed E-state index contributed by atoms with van der Waals surface area (Å²) in [5.41, 5.74) is 3.80. The monoisotopic (exact) mass is 345 g/mol. The molecule has 4 heteroatoms. The quantitative estimate of drug-likeness (QED) is 0.606. The summed E-state index contributed by atoms with van der Waals surface area (Å²) in [6.45, 7) is 1.35. The number of amides is 1. The molecule has 3 rings (SSSR count). The molecular weight excluding hydrogens is 322 g/mol. The van der Waals surface area contributed by atoms with Crippen LogP contribution in [-0.4, -0.2) is 17.4 Å². The Kier molecular flexibility index (Phi) is 6.37. The molecule has 132 valence electrons. The second-order valence-corrected chi connectivity index (χ2v) is 6.11. The molecule has 0 aliphatic heterocycles. The third kappa shape index (κ3) is 5.45. The van der Waals surface area contributed by atoms with E-state index in [0.717, 1.165) is 18.5 Å². The number of rotatable bonds is 8. The van der Waals surface area contributed by atoms with E-state index < -0.39 is 0 Å². The molecule has 0 atom stereocenters. The van der Waals surface area contributed by atoms with Gasteiger partial charge in [-0.25, -0.2) is 0 Å². The van der Waals surface area contributed by atoms with E-state index in [1.54, 1.807) is 12.3 Å². The minimum atomic E-state index is -0.138. The van der Waals surface area contributed by atoms with Gasteiger partial charge < -0.3 is 10.6 Å². The second-order valence-electron chi connectivity index (χ2n) is 6.11. The van der Waals surface area contributed by atoms with Gasteiger partial charge in [0.2, 0.25) is 0 Å². The van der Waals surface area contributed by atoms with Crippen LogP contribution in [0, 0.1) is 0 Å². The molecule has 0 saturated carbocycles. The molecule has 2 N–H and O–H groups in total. The standard InChI is InChI=1S/C22H23N3O/c26-22(24-14-7-12-18-8-3-1-4-9-18)21-16-20(13-15-23-21)25-17-19-10-5-2-6-11-19/h1-6,8-11,13,15-16H,7,12,14,17H2,(H,23,25)(H,24,26). The van der Waals surface area contributed by atoms with E-state index in [9.17, 15) is 4.79 Å². The van der Waals surface area contributed by atoms with Gasteiger partial charge in [-0.05, 0) is 36.1 Å². The van der Waals surface area contributed by atoms with Crippen molar-refractivity contribution in [2.45, 2.75) is 19.4 Å². The van der Waals surface area contributed by atoms with Gasteiger partial charge >= 0.3 is 0 Å². The van der Waals surface area contributed by atoms with Crippen LogP contribution in [0.4, 0.5) is 5.69 Å². The molecule has 2 aromatic carbocycles. The molecule has 26 heavy (non-hydrogen) atoms. The Morgan fingerprint density at radius 2 is 1.58 bits per heavy atom. The first-order valence-corrected chi connectivity index (χ1v) is 8.87. The highest BCUT2D eigenvalue weighted by Gasteiger charge is 2.07. The van der Waals surface area contributed by atoms with Gasteiger partial charge in [0.05, 0.1) is 0 Å². The van der Waals surface area contributed by atoms with Gasteiger partial charge in [0.25, 0.3) is 5.91 Å². The summed E-state index contributed by atoms with van der Waals surface area (Å²) in [5.74, 6) is -0.138. The molecule has 3 aromatic rings. The third-order valence-corrected chi connectivity index (χ3v) is 4.10. The van der Waals surface area contributed by atoms with Crippen LogP contribution in [0.1, 0.15) is 28.0 Å². The van der Waals surface area contributed by atoms with Gasteiger partial charge in [-0.2, -0.15) is 0 Å². The number of pyridine rings is 1. The number of hydrogen-bond acceptors (Lipinski definition) is 3. The van der Waals surface area contributed by atoms with Crippen LogP contribution in [0.2, 0.25) is 0 Å². The second kappa shape index (κ2) is 9.37. The molecule has 0 spiro atoms. The number of hydrogen-bond donors (Lipinski definition) is 2. The van der Waals surface area contributed by atoms with Gasteiger partial charge in [0, 0.05) is 25.0 Å². The lowest BCUT2D eigenvalue weighted by molar-refractivity contribution is 0.0948. The Hall–Kier alpha value is -3.14. The maximum absolute atomic E-state index is 12.3. The number of nitrogens with zero attached hydrogens (tertiary/aromatic N) is 1. The van der Waals surface area contributed by atoms with Gasteiger partial charge in [0.1, 0.15) is 5.69 Å². The average Bonchev–Trinajstić information content (AvgIpc) is 2.71. The zero-order chi connectivity index (χ0) is 18.0. The highest BCUT2D eigenvalue weighted by atomic mass is 16.1. The molecule has 1 amide bonds. The smallest absolute Gasteiger partial charge is 0.269 e. The average molecular weight is 345 g/mol. The fourth-order valence-corrected chi connectivity index (χ4v) is 2.69. The number of nitrogens with one attached hydrogen (secondary N) is 2. The normalized spacial score (nSPS) is 10.3. The Bertz CT molecular complexity index is 819. The van der Waals surface area contributed by atoms with E-state index in [0.29, 0.717) is 18.8 Å². The highest BCUT2D eigenvalue weighted by Crippen LogP contribution is 2.10. The van der Waals surface area contributed by atoms with Crippen LogP contribution in [0.5, 0.6) is 0 Å². The third-order valence-electron chi connectivity index (χ3n) is 4.10. The molecule has 0 saturated heterocycles. The van der Waals surface area contributed by atoms with Crippen molar-refractivity contribution in [2.75, 3.05) is 11.9 Å². The van der Waals surface area contributed by atoms with E-state index in [4.69, 9.17) is 0 Å². The van der Waals surface area contributed by atoms with Crippen LogP contribution in [0.15, 0.2) is 79.0 Å². The van der Waals surface area contributed by atoms with Crippen molar-refractivity contribution < 1.29 is 4.79 Å². The SMILES string of the molecule is O=C(NCCCc1ccccc1)c1cc(NCc2ccccc2)ccn1. The van der Waals surface area contributed by atoms with Gasteiger partial charge in [-0.3, -0.25) is 9.78 Å². The molecule has 1 aromatic heterocycles. The summed E-state index contributed by atoms with van der Waals surface area (Å²) in [4.78, 5) is 16.5. The number of aryl methyl sites for hydroxylation is 1. The van der Waals surface area contributed by atoms with Gasteiger partial charge in [-0.1, -0.05) is 60.7 Å². The van der Waals surface area contributed by atoms with Crippen LogP contribution in [0.3, 0.4) is 0 Å². The number of benzene rings is 2. The summed E-state index contributed by atoms with van der Waals surface area (Å²) >= 11 is 0. The maximum Gasteiger partial charge on any atom is 0.269 e. The van der Waals surface area contributed by atoms with Crippen molar-refractivity contribution in [1.82, 2.24) is 10.3 Å². The van der Waals surface area contributed by atoms with Gasteiger partial charge in [0.15, 0.2) is 0 Å². The summed E-state index contributed by atoms with van der Waals surface area (Å²) in [6, 6.07) is 24.1. The zero-order valence-corrected chi connectivity index (χ0v) is 14.7. The Morgan fingerprint density at radius 3 is 2.31 bits per heavy atom. The predicted octanol–water partition coefficient (Wildman–Crippen LogP) is 4.06. The van der Waals surface area contributed by atoms with E-state index in [2.05, 4.69) is 39.9 Å². The van der Waals surface area contributed by atoms with E-state index in [1.165, 1.54) is 11.1 Å². The van der Waals surface area contributed by atoms with Crippen molar-refractivity contribution in [2.24, 2.45) is 0 Å². The lowest BCUT2D eigenvalue weighted by atomic mass is 10.1. The van der Waals surface area contributed by atoms with Crippen molar-refractivity contribution in [3.8, 4) is 0 Å². The summed E-state index contributed by atoms with van der Waals surface area (Å²) < 4.78 is 0. The fourth-order valence-electron chi connectivity index (χ4n) is 2.69. The van der Waals surface area contributed by atoms with Crippen molar-refractivity contribution in [3.63, 3.8) is 0 Å². The van der Waals surface area contributed by atoms with Crippen molar-refractivity contribution in [3.05, 3.63) is 95.8 Å². The summed E-state index contributed by atoms with van der Waals surface area (Å²) in [6.07, 6.45) is 3.52. The van der Waals surface area contributed by atoms with Crippen molar-refractivity contribution >= 4 is 11.6 Å². The lowest BCUT2D eigenvalue weighted by Gasteiger charge is -2.09. The van der Waals surface area contributed by atoms with E-state index in [-0.39, 0.29) is 5.91 Å². The topological polar surface area (TPSA) is 54.0 Å². The first-order chi connectivity index (χ1) is 12.8. The minimum absolute atomic E-state index is 0.138. The van der Waals surface area contributed by atoms with Gasteiger partial charge in [-0.15, -0.1) is 0 Å². The van der Waals surface area contributed by atoms with Crippen LogP contribution in [-0.2, 0) is 13.0 Å². The molecule has 0 unspecified atom stereocenters. The molecule has 4 nitrogen and oxygen atoms in total. The Morgan fingerprint density at radius 1 is 0.885 bits per heavy atom. The molecule has 0 aliphatic carbocycles. The first-order valence-electron chi connectivity index (χ1n) is 8.87. The Labute approximate surface area is 154 Å². The van der Waals surface area contributed by atoms with Crippen LogP contribution < -0.4 is 10.6 Å². The maximum atomic E-state index is 12.3.